The summed E-state index contributed by atoms with van der Waals surface area (Å²) in [4.78, 5) is 0. The zero-order valence-electron chi connectivity index (χ0n) is 28.1. The Hall–Kier alpha value is -4.46. The quantitative estimate of drug-likeness (QED) is 0.172. The molecule has 1 heteroatoms. The van der Waals surface area contributed by atoms with Crippen LogP contribution in [0.2, 0.25) is 0 Å². The zero-order valence-corrected chi connectivity index (χ0v) is 28.9. The fourth-order valence-electron chi connectivity index (χ4n) is 7.86. The largest absolute Gasteiger partial charge is 0.135 e. The van der Waals surface area contributed by atoms with Crippen molar-refractivity contribution in [3.05, 3.63) is 167 Å². The first-order valence-corrected chi connectivity index (χ1v) is 17.8. The maximum Gasteiger partial charge on any atom is 0.0402 e. The van der Waals surface area contributed by atoms with Gasteiger partial charge in [-0.3, -0.25) is 0 Å². The Balaban J connectivity index is 1.06. The van der Waals surface area contributed by atoms with Crippen LogP contribution in [0.15, 0.2) is 133 Å². The summed E-state index contributed by atoms with van der Waals surface area (Å²) in [5.74, 6) is 0.374. The summed E-state index contributed by atoms with van der Waals surface area (Å²) in [6.45, 7) is 11.6. The van der Waals surface area contributed by atoms with E-state index in [0.29, 0.717) is 5.92 Å². The molecule has 0 radical (unpaired) electrons. The van der Waals surface area contributed by atoms with Gasteiger partial charge in [0.25, 0.3) is 0 Å². The molecule has 1 heterocycles. The number of benzene rings is 6. The van der Waals surface area contributed by atoms with Crippen LogP contribution in [0.25, 0.3) is 42.4 Å². The Kier molecular flexibility index (Phi) is 7.23. The van der Waals surface area contributed by atoms with Crippen LogP contribution >= 0.6 is 11.3 Å². The van der Waals surface area contributed by atoms with Crippen LogP contribution in [0.1, 0.15) is 80.3 Å². The molecule has 0 nitrogen and oxygen atoms in total. The number of hydrogen-bond acceptors (Lipinski definition) is 1. The highest BCUT2D eigenvalue weighted by molar-refractivity contribution is 7.26. The van der Waals surface area contributed by atoms with E-state index in [-0.39, 0.29) is 10.8 Å². The third kappa shape index (κ3) is 5.22. The van der Waals surface area contributed by atoms with E-state index >= 15 is 0 Å². The van der Waals surface area contributed by atoms with Crippen molar-refractivity contribution in [2.75, 3.05) is 0 Å². The van der Waals surface area contributed by atoms with Gasteiger partial charge in [-0.25, -0.2) is 0 Å². The van der Waals surface area contributed by atoms with Crippen LogP contribution in [0.4, 0.5) is 0 Å². The molecule has 0 amide bonds. The van der Waals surface area contributed by atoms with Crippen molar-refractivity contribution < 1.29 is 0 Å². The molecule has 0 aliphatic heterocycles. The molecule has 0 fully saturated rings. The lowest BCUT2D eigenvalue weighted by atomic mass is 9.82. The molecule has 8 rings (SSSR count). The first kappa shape index (κ1) is 29.9. The molecule has 7 aromatic rings. The second kappa shape index (κ2) is 11.4. The Morgan fingerprint density at radius 1 is 0.617 bits per heavy atom. The van der Waals surface area contributed by atoms with Gasteiger partial charge in [-0.05, 0) is 86.0 Å². The van der Waals surface area contributed by atoms with Gasteiger partial charge in [0.15, 0.2) is 0 Å². The van der Waals surface area contributed by atoms with Crippen molar-refractivity contribution in [1.82, 2.24) is 0 Å². The Morgan fingerprint density at radius 2 is 1.30 bits per heavy atom. The predicted molar refractivity (Wildman–Crippen MR) is 204 cm³/mol. The molecule has 0 saturated carbocycles. The maximum absolute atomic E-state index is 2.41. The Morgan fingerprint density at radius 3 is 2.04 bits per heavy atom. The van der Waals surface area contributed by atoms with E-state index in [2.05, 4.69) is 168 Å². The van der Waals surface area contributed by atoms with Crippen LogP contribution < -0.4 is 0 Å². The monoisotopic (exact) mass is 626 g/mol. The average molecular weight is 627 g/mol. The van der Waals surface area contributed by atoms with Gasteiger partial charge in [0.05, 0.1) is 0 Å². The molecule has 47 heavy (non-hydrogen) atoms. The van der Waals surface area contributed by atoms with Crippen molar-refractivity contribution in [2.45, 2.75) is 64.2 Å². The standard InChI is InChI=1S/C46H42S/c1-45(2,3)35-23-20-33(21-24-35)36(32-11-7-6-8-12-32)25-17-30-15-18-31(19-16-30)34-22-28-42-40(29-34)39-27-26-38-37-13-9-10-14-41(37)46(4,5)43(38)44(39)47-42/h6-16,18-24,26-29,36H,17,25H2,1-5H3. The third-order valence-electron chi connectivity index (χ3n) is 10.5. The Labute approximate surface area is 283 Å². The minimum atomic E-state index is 0.000368. The van der Waals surface area contributed by atoms with Crippen molar-refractivity contribution >= 4 is 31.5 Å². The first-order valence-electron chi connectivity index (χ1n) is 17.0. The van der Waals surface area contributed by atoms with Gasteiger partial charge >= 0.3 is 0 Å². The van der Waals surface area contributed by atoms with Gasteiger partial charge in [-0.1, -0.05) is 156 Å². The van der Waals surface area contributed by atoms with E-state index in [4.69, 9.17) is 0 Å². The second-order valence-electron chi connectivity index (χ2n) is 14.9. The summed E-state index contributed by atoms with van der Waals surface area (Å²) in [6, 6.07) is 50.4. The van der Waals surface area contributed by atoms with Crippen LogP contribution in [-0.4, -0.2) is 0 Å². The van der Waals surface area contributed by atoms with Gasteiger partial charge < -0.3 is 0 Å². The topological polar surface area (TPSA) is 0 Å². The zero-order chi connectivity index (χ0) is 32.3. The highest BCUT2D eigenvalue weighted by Gasteiger charge is 2.37. The highest BCUT2D eigenvalue weighted by Crippen LogP contribution is 2.53. The number of rotatable bonds is 6. The summed E-state index contributed by atoms with van der Waals surface area (Å²) in [5.41, 5.74) is 14.0. The molecule has 1 aliphatic carbocycles. The summed E-state index contributed by atoms with van der Waals surface area (Å²) in [5, 5.41) is 2.75. The fourth-order valence-corrected chi connectivity index (χ4v) is 9.25. The molecule has 0 spiro atoms. The van der Waals surface area contributed by atoms with Gasteiger partial charge in [0.1, 0.15) is 0 Å². The molecule has 6 aromatic carbocycles. The molecule has 1 atom stereocenters. The highest BCUT2D eigenvalue weighted by atomic mass is 32.1. The molecule has 0 N–H and O–H groups in total. The van der Waals surface area contributed by atoms with E-state index in [0.717, 1.165) is 12.8 Å². The molecule has 1 unspecified atom stereocenters. The first-order chi connectivity index (χ1) is 22.7. The molecule has 232 valence electrons. The Bertz CT molecular complexity index is 2220. The number of thiophene rings is 1. The minimum Gasteiger partial charge on any atom is -0.135 e. The van der Waals surface area contributed by atoms with E-state index in [1.54, 1.807) is 0 Å². The van der Waals surface area contributed by atoms with E-state index in [9.17, 15) is 0 Å². The van der Waals surface area contributed by atoms with Gasteiger partial charge in [-0.15, -0.1) is 11.3 Å². The van der Waals surface area contributed by atoms with E-state index in [1.807, 2.05) is 11.3 Å². The van der Waals surface area contributed by atoms with Gasteiger partial charge in [-0.2, -0.15) is 0 Å². The molecule has 0 bridgehead atoms. The average Bonchev–Trinajstić information content (AvgIpc) is 3.57. The van der Waals surface area contributed by atoms with Crippen LogP contribution in [0.5, 0.6) is 0 Å². The van der Waals surface area contributed by atoms with Crippen molar-refractivity contribution in [1.29, 1.82) is 0 Å². The summed E-state index contributed by atoms with van der Waals surface area (Å²) >= 11 is 1.95. The lowest BCUT2D eigenvalue weighted by molar-refractivity contribution is 0.589. The lowest BCUT2D eigenvalue weighted by Crippen LogP contribution is -2.14. The van der Waals surface area contributed by atoms with Gasteiger partial charge in [0, 0.05) is 31.5 Å². The van der Waals surface area contributed by atoms with E-state index in [1.165, 1.54) is 75.8 Å². The third-order valence-corrected chi connectivity index (χ3v) is 11.7. The second-order valence-corrected chi connectivity index (χ2v) is 16.0. The van der Waals surface area contributed by atoms with Crippen molar-refractivity contribution in [3.8, 4) is 22.3 Å². The summed E-state index contributed by atoms with van der Waals surface area (Å²) < 4.78 is 2.80. The van der Waals surface area contributed by atoms with Crippen molar-refractivity contribution in [3.63, 3.8) is 0 Å². The molecular weight excluding hydrogens is 585 g/mol. The smallest absolute Gasteiger partial charge is 0.0402 e. The molecule has 0 saturated heterocycles. The number of hydrogen-bond donors (Lipinski definition) is 0. The molecule has 1 aromatic heterocycles. The number of fused-ring (bicyclic) bond motifs is 7. The van der Waals surface area contributed by atoms with Gasteiger partial charge in [0.2, 0.25) is 0 Å². The molecule has 1 aliphatic rings. The van der Waals surface area contributed by atoms with Crippen LogP contribution in [-0.2, 0) is 17.3 Å². The van der Waals surface area contributed by atoms with Crippen molar-refractivity contribution in [2.24, 2.45) is 0 Å². The minimum absolute atomic E-state index is 0.000368. The number of aryl methyl sites for hydroxylation is 1. The lowest BCUT2D eigenvalue weighted by Gasteiger charge is -2.22. The van der Waals surface area contributed by atoms with Crippen LogP contribution in [0, 0.1) is 0 Å². The van der Waals surface area contributed by atoms with E-state index < -0.39 is 0 Å². The SMILES string of the molecule is CC(C)(C)c1ccc(C(CCc2ccc(-c3ccc4sc5c6c(ccc5c4c3)-c3ccccc3C6(C)C)cc2)c2ccccc2)cc1. The fraction of sp³-hybridized carbons (Fsp3) is 0.217. The predicted octanol–water partition coefficient (Wildman–Crippen LogP) is 13.1. The van der Waals surface area contributed by atoms with Crippen LogP contribution in [0.3, 0.4) is 0 Å². The normalized spacial score (nSPS) is 14.3. The summed E-state index contributed by atoms with van der Waals surface area (Å²) in [7, 11) is 0. The summed E-state index contributed by atoms with van der Waals surface area (Å²) in [6.07, 6.45) is 2.12. The maximum atomic E-state index is 2.41. The molecular formula is C46H42S.